The first kappa shape index (κ1) is 14.7. The molecular weight excluding hydrogens is 230 g/mol. The van der Waals surface area contributed by atoms with Gasteiger partial charge in [-0.3, -0.25) is 9.69 Å². The third kappa shape index (κ3) is 3.55. The number of likely N-dealkylation sites (N-methyl/N-ethyl adjacent to an activating group) is 1. The lowest BCUT2D eigenvalue weighted by atomic mass is 9.98. The summed E-state index contributed by atoms with van der Waals surface area (Å²) in [5.41, 5.74) is 2.85. The molecule has 0 amide bonds. The number of aliphatic hydroxyl groups excluding tert-OH is 1. The molecule has 100 valence electrons. The van der Waals surface area contributed by atoms with Crippen LogP contribution in [-0.2, 0) is 4.79 Å². The van der Waals surface area contributed by atoms with Gasteiger partial charge in [-0.1, -0.05) is 23.8 Å². The number of carbonyl (C=O) groups is 1. The summed E-state index contributed by atoms with van der Waals surface area (Å²) in [5.74, 6) is -0.857. The Morgan fingerprint density at radius 2 is 2.06 bits per heavy atom. The first-order chi connectivity index (χ1) is 8.47. The van der Waals surface area contributed by atoms with E-state index in [2.05, 4.69) is 0 Å². The minimum absolute atomic E-state index is 0.0729. The van der Waals surface area contributed by atoms with Gasteiger partial charge < -0.3 is 10.2 Å². The first-order valence-electron chi connectivity index (χ1n) is 6.08. The molecule has 0 spiro atoms. The molecule has 0 aliphatic heterocycles. The molecule has 0 fully saturated rings. The predicted molar refractivity (Wildman–Crippen MR) is 70.6 cm³/mol. The van der Waals surface area contributed by atoms with Crippen molar-refractivity contribution in [2.45, 2.75) is 26.3 Å². The topological polar surface area (TPSA) is 60.8 Å². The summed E-state index contributed by atoms with van der Waals surface area (Å²) in [6.45, 7) is 4.50. The largest absolute Gasteiger partial charge is 0.480 e. The van der Waals surface area contributed by atoms with Crippen LogP contribution in [0.15, 0.2) is 18.2 Å². The summed E-state index contributed by atoms with van der Waals surface area (Å²) in [6.07, 6.45) is 0.575. The van der Waals surface area contributed by atoms with E-state index >= 15 is 0 Å². The van der Waals surface area contributed by atoms with E-state index < -0.39 is 12.0 Å². The molecule has 0 radical (unpaired) electrons. The standard InChI is InChI=1S/C14H21NO3/c1-10-5-6-11(2)12(9-10)13(14(17)18)15(3)7-4-8-16/h5-6,9,13,16H,4,7-8H2,1-3H3,(H,17,18). The molecule has 1 atom stereocenters. The van der Waals surface area contributed by atoms with Crippen molar-refractivity contribution in [1.29, 1.82) is 0 Å². The van der Waals surface area contributed by atoms with Gasteiger partial charge in [0.05, 0.1) is 0 Å². The highest BCUT2D eigenvalue weighted by Crippen LogP contribution is 2.24. The fraction of sp³-hybridized carbons (Fsp3) is 0.500. The Morgan fingerprint density at radius 3 is 2.61 bits per heavy atom. The van der Waals surface area contributed by atoms with Crippen LogP contribution in [0.4, 0.5) is 0 Å². The quantitative estimate of drug-likeness (QED) is 0.808. The highest BCUT2D eigenvalue weighted by molar-refractivity contribution is 5.76. The van der Waals surface area contributed by atoms with E-state index in [9.17, 15) is 9.90 Å². The maximum absolute atomic E-state index is 11.5. The molecule has 0 aromatic heterocycles. The minimum atomic E-state index is -0.857. The second kappa shape index (κ2) is 6.52. The molecule has 0 bridgehead atoms. The van der Waals surface area contributed by atoms with Gasteiger partial charge in [-0.25, -0.2) is 0 Å². The summed E-state index contributed by atoms with van der Waals surface area (Å²) in [7, 11) is 1.77. The molecular formula is C14H21NO3. The third-order valence-electron chi connectivity index (χ3n) is 3.07. The lowest BCUT2D eigenvalue weighted by Gasteiger charge is -2.26. The van der Waals surface area contributed by atoms with Crippen LogP contribution < -0.4 is 0 Å². The van der Waals surface area contributed by atoms with Crippen LogP contribution in [0.25, 0.3) is 0 Å². The number of nitrogens with zero attached hydrogens (tertiary/aromatic N) is 1. The van der Waals surface area contributed by atoms with Crippen LogP contribution in [0, 0.1) is 13.8 Å². The molecule has 4 nitrogen and oxygen atoms in total. The summed E-state index contributed by atoms with van der Waals surface area (Å²) in [5, 5.41) is 18.2. The summed E-state index contributed by atoms with van der Waals surface area (Å²) in [6, 6.07) is 5.19. The Hall–Kier alpha value is -1.39. The van der Waals surface area contributed by atoms with Crippen molar-refractivity contribution >= 4 is 5.97 Å². The molecule has 0 saturated carbocycles. The number of rotatable bonds is 6. The van der Waals surface area contributed by atoms with Crippen LogP contribution >= 0.6 is 0 Å². The minimum Gasteiger partial charge on any atom is -0.480 e. The van der Waals surface area contributed by atoms with Crippen molar-refractivity contribution in [3.05, 3.63) is 34.9 Å². The molecule has 0 aliphatic rings. The highest BCUT2D eigenvalue weighted by Gasteiger charge is 2.25. The Kier molecular flexibility index (Phi) is 5.31. The summed E-state index contributed by atoms with van der Waals surface area (Å²) >= 11 is 0. The lowest BCUT2D eigenvalue weighted by Crippen LogP contribution is -2.32. The van der Waals surface area contributed by atoms with Gasteiger partial charge in [0, 0.05) is 13.2 Å². The zero-order chi connectivity index (χ0) is 13.7. The van der Waals surface area contributed by atoms with Crippen molar-refractivity contribution in [1.82, 2.24) is 4.90 Å². The van der Waals surface area contributed by atoms with Gasteiger partial charge >= 0.3 is 5.97 Å². The van der Waals surface area contributed by atoms with E-state index in [4.69, 9.17) is 5.11 Å². The number of carboxylic acids is 1. The highest BCUT2D eigenvalue weighted by atomic mass is 16.4. The van der Waals surface area contributed by atoms with Crippen molar-refractivity contribution in [3.8, 4) is 0 Å². The number of carboxylic acid groups (broad SMARTS) is 1. The van der Waals surface area contributed by atoms with E-state index in [1.807, 2.05) is 32.0 Å². The predicted octanol–water partition coefficient (Wildman–Crippen LogP) is 1.74. The van der Waals surface area contributed by atoms with E-state index in [-0.39, 0.29) is 6.61 Å². The van der Waals surface area contributed by atoms with Gasteiger partial charge in [-0.15, -0.1) is 0 Å². The maximum Gasteiger partial charge on any atom is 0.325 e. The van der Waals surface area contributed by atoms with Crippen LogP contribution in [0.3, 0.4) is 0 Å². The number of aliphatic carboxylic acids is 1. The van der Waals surface area contributed by atoms with Crippen LogP contribution in [-0.4, -0.2) is 41.3 Å². The van der Waals surface area contributed by atoms with Gasteiger partial charge in [-0.2, -0.15) is 0 Å². The SMILES string of the molecule is Cc1ccc(C)c(C(C(=O)O)N(C)CCCO)c1. The molecule has 4 heteroatoms. The molecule has 0 saturated heterocycles. The zero-order valence-corrected chi connectivity index (χ0v) is 11.2. The second-order valence-corrected chi connectivity index (χ2v) is 4.66. The van der Waals surface area contributed by atoms with Crippen molar-refractivity contribution in [2.24, 2.45) is 0 Å². The number of hydrogen-bond donors (Lipinski definition) is 2. The van der Waals surface area contributed by atoms with Crippen LogP contribution in [0.1, 0.15) is 29.2 Å². The molecule has 1 aromatic rings. The average molecular weight is 251 g/mol. The van der Waals surface area contributed by atoms with Gasteiger partial charge in [-0.05, 0) is 38.4 Å². The van der Waals surface area contributed by atoms with Gasteiger partial charge in [0.1, 0.15) is 6.04 Å². The Morgan fingerprint density at radius 1 is 1.39 bits per heavy atom. The lowest BCUT2D eigenvalue weighted by molar-refractivity contribution is -0.143. The van der Waals surface area contributed by atoms with E-state index in [1.54, 1.807) is 11.9 Å². The fourth-order valence-electron chi connectivity index (χ4n) is 2.06. The Labute approximate surface area is 108 Å². The van der Waals surface area contributed by atoms with Crippen molar-refractivity contribution in [3.63, 3.8) is 0 Å². The summed E-state index contributed by atoms with van der Waals surface area (Å²) in [4.78, 5) is 13.2. The van der Waals surface area contributed by atoms with E-state index in [1.165, 1.54) is 0 Å². The van der Waals surface area contributed by atoms with Crippen molar-refractivity contribution in [2.75, 3.05) is 20.2 Å². The average Bonchev–Trinajstić information content (AvgIpc) is 2.30. The van der Waals surface area contributed by atoms with E-state index in [0.29, 0.717) is 13.0 Å². The van der Waals surface area contributed by atoms with Gasteiger partial charge in [0.2, 0.25) is 0 Å². The number of hydrogen-bond acceptors (Lipinski definition) is 3. The third-order valence-corrected chi connectivity index (χ3v) is 3.07. The normalized spacial score (nSPS) is 12.7. The molecule has 0 heterocycles. The van der Waals surface area contributed by atoms with Gasteiger partial charge in [0.25, 0.3) is 0 Å². The van der Waals surface area contributed by atoms with Crippen molar-refractivity contribution < 1.29 is 15.0 Å². The molecule has 1 rings (SSSR count). The smallest absolute Gasteiger partial charge is 0.325 e. The zero-order valence-electron chi connectivity index (χ0n) is 11.2. The second-order valence-electron chi connectivity index (χ2n) is 4.66. The summed E-state index contributed by atoms with van der Waals surface area (Å²) < 4.78 is 0. The fourth-order valence-corrected chi connectivity index (χ4v) is 2.06. The van der Waals surface area contributed by atoms with E-state index in [0.717, 1.165) is 16.7 Å². The molecule has 1 unspecified atom stereocenters. The van der Waals surface area contributed by atoms with Crippen LogP contribution in [0.5, 0.6) is 0 Å². The molecule has 1 aromatic carbocycles. The number of aliphatic hydroxyl groups is 1. The maximum atomic E-state index is 11.5. The molecule has 18 heavy (non-hydrogen) atoms. The first-order valence-corrected chi connectivity index (χ1v) is 6.08. The van der Waals surface area contributed by atoms with Crippen LogP contribution in [0.2, 0.25) is 0 Å². The monoisotopic (exact) mass is 251 g/mol. The van der Waals surface area contributed by atoms with Gasteiger partial charge in [0.15, 0.2) is 0 Å². The Bertz CT molecular complexity index is 418. The number of aryl methyl sites for hydroxylation is 2. The Balaban J connectivity index is 3.04. The molecule has 2 N–H and O–H groups in total. The molecule has 0 aliphatic carbocycles. The number of benzene rings is 1.